The first kappa shape index (κ1) is 18.8. The summed E-state index contributed by atoms with van der Waals surface area (Å²) in [7, 11) is 1.45. The van der Waals surface area contributed by atoms with Crippen LogP contribution >= 0.6 is 0 Å². The molecule has 0 aliphatic carbocycles. The average Bonchev–Trinajstić information content (AvgIpc) is 2.66. The zero-order valence-electron chi connectivity index (χ0n) is 15.3. The SMILES string of the molecule is CON[C@@H]1[C@@H](Cc2ccnc(N)c2)C(=O)N1C(=O)N[C@H](C)c1ccccc1. The summed E-state index contributed by atoms with van der Waals surface area (Å²) in [6.45, 7) is 1.87. The zero-order chi connectivity index (χ0) is 19.4. The van der Waals surface area contributed by atoms with Gasteiger partial charge in [0, 0.05) is 6.20 Å². The number of benzene rings is 1. The lowest BCUT2D eigenvalue weighted by molar-refractivity contribution is -0.161. The van der Waals surface area contributed by atoms with Gasteiger partial charge in [-0.1, -0.05) is 30.3 Å². The van der Waals surface area contributed by atoms with Crippen molar-refractivity contribution < 1.29 is 14.4 Å². The van der Waals surface area contributed by atoms with E-state index in [9.17, 15) is 9.59 Å². The number of aromatic nitrogens is 1. The molecular formula is C19H23N5O3. The molecular weight excluding hydrogens is 346 g/mol. The predicted molar refractivity (Wildman–Crippen MR) is 100 cm³/mol. The number of β-lactam (4-membered cyclic amide) rings is 1. The van der Waals surface area contributed by atoms with Gasteiger partial charge in [-0.2, -0.15) is 5.48 Å². The maximum Gasteiger partial charge on any atom is 0.326 e. The molecule has 1 saturated heterocycles. The molecule has 27 heavy (non-hydrogen) atoms. The summed E-state index contributed by atoms with van der Waals surface area (Å²) in [5.74, 6) is -0.302. The van der Waals surface area contributed by atoms with Crippen LogP contribution in [0.4, 0.5) is 10.6 Å². The molecule has 1 fully saturated rings. The Morgan fingerprint density at radius 1 is 1.33 bits per heavy atom. The van der Waals surface area contributed by atoms with E-state index in [4.69, 9.17) is 10.6 Å². The number of carbonyl (C=O) groups is 2. The number of amides is 3. The molecule has 1 aromatic heterocycles. The number of nitrogens with zero attached hydrogens (tertiary/aromatic N) is 2. The average molecular weight is 369 g/mol. The Balaban J connectivity index is 1.68. The molecule has 0 bridgehead atoms. The Bertz CT molecular complexity index is 814. The molecule has 4 N–H and O–H groups in total. The standard InChI is InChI=1S/C19H23N5O3/c1-12(14-6-4-3-5-7-14)22-19(26)24-17(23-27-2)15(18(24)25)10-13-8-9-21-16(20)11-13/h3-9,11-12,15,17,23H,10H2,1-2H3,(H2,20,21)(H,22,26)/t12-,15-,17+/m1/s1. The summed E-state index contributed by atoms with van der Waals surface area (Å²) < 4.78 is 0. The second-order valence-electron chi connectivity index (χ2n) is 6.46. The molecule has 1 aromatic carbocycles. The monoisotopic (exact) mass is 369 g/mol. The lowest BCUT2D eigenvalue weighted by Gasteiger charge is -2.45. The number of urea groups is 1. The first-order valence-electron chi connectivity index (χ1n) is 8.68. The van der Waals surface area contributed by atoms with E-state index in [1.807, 2.05) is 37.3 Å². The minimum Gasteiger partial charge on any atom is -0.384 e. The van der Waals surface area contributed by atoms with Gasteiger partial charge in [0.05, 0.1) is 19.1 Å². The molecule has 3 rings (SSSR count). The van der Waals surface area contributed by atoms with Crippen molar-refractivity contribution in [2.24, 2.45) is 5.92 Å². The minimum atomic E-state index is -0.556. The Labute approximate surface area is 157 Å². The Morgan fingerprint density at radius 2 is 2.07 bits per heavy atom. The normalized spacial score (nSPS) is 20.1. The van der Waals surface area contributed by atoms with Gasteiger partial charge in [-0.25, -0.2) is 14.7 Å². The van der Waals surface area contributed by atoms with Crippen LogP contribution in [0.25, 0.3) is 0 Å². The van der Waals surface area contributed by atoms with Gasteiger partial charge in [0.15, 0.2) is 0 Å². The number of nitrogens with two attached hydrogens (primary N) is 1. The minimum absolute atomic E-state index is 0.228. The molecule has 3 atom stereocenters. The van der Waals surface area contributed by atoms with Gasteiger partial charge in [0.1, 0.15) is 12.0 Å². The van der Waals surface area contributed by atoms with Gasteiger partial charge in [-0.15, -0.1) is 0 Å². The highest BCUT2D eigenvalue weighted by Crippen LogP contribution is 2.29. The van der Waals surface area contributed by atoms with Gasteiger partial charge < -0.3 is 15.9 Å². The number of imide groups is 1. The number of hydrogen-bond donors (Lipinski definition) is 3. The van der Waals surface area contributed by atoms with Gasteiger partial charge >= 0.3 is 6.03 Å². The van der Waals surface area contributed by atoms with Crippen LogP contribution in [0.2, 0.25) is 0 Å². The molecule has 3 amide bonds. The second kappa shape index (κ2) is 8.15. The number of hydrogen-bond acceptors (Lipinski definition) is 6. The molecule has 2 heterocycles. The highest BCUT2D eigenvalue weighted by atomic mass is 16.6. The van der Waals surface area contributed by atoms with Gasteiger partial charge in [0.25, 0.3) is 0 Å². The number of rotatable bonds is 6. The summed E-state index contributed by atoms with van der Waals surface area (Å²) in [4.78, 5) is 35.3. The number of pyridine rings is 1. The fourth-order valence-corrected chi connectivity index (χ4v) is 3.18. The van der Waals surface area contributed by atoms with Crippen molar-refractivity contribution in [3.63, 3.8) is 0 Å². The van der Waals surface area contributed by atoms with E-state index < -0.39 is 18.1 Å². The number of nitrogen functional groups attached to an aromatic ring is 1. The van der Waals surface area contributed by atoms with E-state index >= 15 is 0 Å². The van der Waals surface area contributed by atoms with Crippen molar-refractivity contribution in [3.8, 4) is 0 Å². The third-order valence-electron chi connectivity index (χ3n) is 4.61. The van der Waals surface area contributed by atoms with Crippen LogP contribution < -0.4 is 16.5 Å². The van der Waals surface area contributed by atoms with Crippen molar-refractivity contribution in [1.29, 1.82) is 0 Å². The fraction of sp³-hybridized carbons (Fsp3) is 0.316. The summed E-state index contributed by atoms with van der Waals surface area (Å²) >= 11 is 0. The van der Waals surface area contributed by atoms with Crippen LogP contribution in [0, 0.1) is 5.92 Å². The predicted octanol–water partition coefficient (Wildman–Crippen LogP) is 1.61. The number of carbonyl (C=O) groups excluding carboxylic acids is 2. The van der Waals surface area contributed by atoms with Crippen LogP contribution in [0.3, 0.4) is 0 Å². The van der Waals surface area contributed by atoms with Crippen LogP contribution in [0.1, 0.15) is 24.1 Å². The van der Waals surface area contributed by atoms with Gasteiger partial charge in [0.2, 0.25) is 5.91 Å². The highest BCUT2D eigenvalue weighted by Gasteiger charge is 2.51. The van der Waals surface area contributed by atoms with Crippen molar-refractivity contribution in [3.05, 3.63) is 59.8 Å². The van der Waals surface area contributed by atoms with E-state index in [2.05, 4.69) is 15.8 Å². The Kier molecular flexibility index (Phi) is 5.68. The van der Waals surface area contributed by atoms with E-state index in [0.29, 0.717) is 12.2 Å². The van der Waals surface area contributed by atoms with Gasteiger partial charge in [-0.3, -0.25) is 4.79 Å². The quantitative estimate of drug-likeness (QED) is 0.527. The smallest absolute Gasteiger partial charge is 0.326 e. The second-order valence-corrected chi connectivity index (χ2v) is 6.46. The first-order chi connectivity index (χ1) is 13.0. The van der Waals surface area contributed by atoms with Crippen molar-refractivity contribution in [2.45, 2.75) is 25.6 Å². The summed E-state index contributed by atoms with van der Waals surface area (Å²) in [6.07, 6.45) is 1.48. The lowest BCUT2D eigenvalue weighted by atomic mass is 9.88. The maximum absolute atomic E-state index is 12.6. The topological polar surface area (TPSA) is 110 Å². The number of anilines is 1. The highest BCUT2D eigenvalue weighted by molar-refractivity contribution is 6.01. The van der Waals surface area contributed by atoms with Crippen LogP contribution in [0.15, 0.2) is 48.7 Å². The zero-order valence-corrected chi connectivity index (χ0v) is 15.3. The molecule has 0 radical (unpaired) electrons. The molecule has 0 spiro atoms. The summed E-state index contributed by atoms with van der Waals surface area (Å²) in [5, 5.41) is 2.85. The van der Waals surface area contributed by atoms with Crippen LogP contribution in [0.5, 0.6) is 0 Å². The first-order valence-corrected chi connectivity index (χ1v) is 8.68. The third-order valence-corrected chi connectivity index (χ3v) is 4.61. The maximum atomic E-state index is 12.6. The fourth-order valence-electron chi connectivity index (χ4n) is 3.18. The largest absolute Gasteiger partial charge is 0.384 e. The molecule has 142 valence electrons. The van der Waals surface area contributed by atoms with E-state index in [1.54, 1.807) is 18.3 Å². The summed E-state index contributed by atoms with van der Waals surface area (Å²) in [6, 6.07) is 12.4. The van der Waals surface area contributed by atoms with Crippen molar-refractivity contribution >= 4 is 17.8 Å². The molecule has 8 nitrogen and oxygen atoms in total. The van der Waals surface area contributed by atoms with E-state index in [-0.39, 0.29) is 11.9 Å². The third kappa shape index (κ3) is 4.07. The number of likely N-dealkylation sites (tertiary alicyclic amines) is 1. The number of nitrogens with one attached hydrogen (secondary N) is 2. The number of hydroxylamine groups is 1. The molecule has 2 aromatic rings. The Morgan fingerprint density at radius 3 is 2.74 bits per heavy atom. The van der Waals surface area contributed by atoms with Gasteiger partial charge in [-0.05, 0) is 36.6 Å². The molecule has 0 saturated carbocycles. The molecule has 1 aliphatic rings. The summed E-state index contributed by atoms with van der Waals surface area (Å²) in [5.41, 5.74) is 10.3. The molecule has 8 heteroatoms. The molecule has 1 aliphatic heterocycles. The lowest BCUT2D eigenvalue weighted by Crippen LogP contribution is -2.70. The van der Waals surface area contributed by atoms with Crippen LogP contribution in [-0.2, 0) is 16.1 Å². The molecule has 0 unspecified atom stereocenters. The van der Waals surface area contributed by atoms with Crippen molar-refractivity contribution in [2.75, 3.05) is 12.8 Å². The van der Waals surface area contributed by atoms with E-state index in [0.717, 1.165) is 16.0 Å². The van der Waals surface area contributed by atoms with Crippen molar-refractivity contribution in [1.82, 2.24) is 20.7 Å². The van der Waals surface area contributed by atoms with Crippen LogP contribution in [-0.4, -0.2) is 35.1 Å². The van der Waals surface area contributed by atoms with E-state index in [1.165, 1.54) is 7.11 Å². The Hall–Kier alpha value is -2.97.